The lowest BCUT2D eigenvalue weighted by molar-refractivity contribution is -0.384. The second-order valence-corrected chi connectivity index (χ2v) is 6.51. The van der Waals surface area contributed by atoms with Crippen LogP contribution in [0.25, 0.3) is 0 Å². The normalized spacial score (nSPS) is 17.3. The highest BCUT2D eigenvalue weighted by molar-refractivity contribution is 6.07. The van der Waals surface area contributed by atoms with Crippen LogP contribution in [0.4, 0.5) is 11.4 Å². The first-order valence-electron chi connectivity index (χ1n) is 8.71. The van der Waals surface area contributed by atoms with E-state index in [4.69, 9.17) is 0 Å². The van der Waals surface area contributed by atoms with Crippen LogP contribution in [-0.2, 0) is 7.05 Å². The van der Waals surface area contributed by atoms with E-state index in [9.17, 15) is 20.0 Å². The molecule has 0 radical (unpaired) electrons. The molecule has 0 bridgehead atoms. The first kappa shape index (κ1) is 18.1. The number of aliphatic hydroxyl groups is 1. The van der Waals surface area contributed by atoms with Gasteiger partial charge in [-0.25, -0.2) is 4.98 Å². The van der Waals surface area contributed by atoms with Crippen molar-refractivity contribution in [3.63, 3.8) is 0 Å². The van der Waals surface area contributed by atoms with Crippen molar-refractivity contribution in [3.8, 4) is 0 Å². The molecule has 1 aliphatic heterocycles. The van der Waals surface area contributed by atoms with Gasteiger partial charge in [0.2, 0.25) is 5.78 Å². The van der Waals surface area contributed by atoms with E-state index in [0.717, 1.165) is 19.3 Å². The number of nitrogens with zero attached hydrogens (tertiary/aromatic N) is 4. The van der Waals surface area contributed by atoms with Crippen molar-refractivity contribution in [2.24, 2.45) is 7.05 Å². The van der Waals surface area contributed by atoms with E-state index in [1.54, 1.807) is 29.9 Å². The first-order chi connectivity index (χ1) is 12.5. The Bertz CT molecular complexity index is 815. The number of ketones is 1. The number of hydrogen-bond acceptors (Lipinski definition) is 6. The molecule has 1 saturated heterocycles. The van der Waals surface area contributed by atoms with Gasteiger partial charge in [0.25, 0.3) is 5.69 Å². The Morgan fingerprint density at radius 3 is 2.88 bits per heavy atom. The molecule has 8 nitrogen and oxygen atoms in total. The number of piperidine rings is 1. The lowest BCUT2D eigenvalue weighted by Crippen LogP contribution is -2.40. The number of carbonyl (C=O) groups excluding carboxylic acids is 1. The molecule has 3 rings (SSSR count). The molecule has 1 unspecified atom stereocenters. The van der Waals surface area contributed by atoms with Crippen LogP contribution in [0.1, 0.15) is 41.9 Å². The van der Waals surface area contributed by atoms with Gasteiger partial charge in [0.15, 0.2) is 5.82 Å². The molecular weight excluding hydrogens is 336 g/mol. The standard InChI is InChI=1S/C18H22N4O4/c1-20-10-8-19-18(20)17(24)13-5-6-15(16(12-13)22(25)26)21-9-3-2-4-14(21)7-11-23/h5-6,8,10,12,14,23H,2-4,7,9,11H2,1H3. The highest BCUT2D eigenvalue weighted by Crippen LogP contribution is 2.35. The van der Waals surface area contributed by atoms with Crippen LogP contribution in [0.5, 0.6) is 0 Å². The number of aliphatic hydroxyl groups excluding tert-OH is 1. The van der Waals surface area contributed by atoms with Gasteiger partial charge in [-0.3, -0.25) is 14.9 Å². The molecule has 26 heavy (non-hydrogen) atoms. The molecule has 0 saturated carbocycles. The van der Waals surface area contributed by atoms with Gasteiger partial charge in [0, 0.05) is 50.3 Å². The number of imidazole rings is 1. The summed E-state index contributed by atoms with van der Waals surface area (Å²) in [5.74, 6) is -0.110. The largest absolute Gasteiger partial charge is 0.396 e. The zero-order valence-corrected chi connectivity index (χ0v) is 14.7. The summed E-state index contributed by atoms with van der Waals surface area (Å²) >= 11 is 0. The van der Waals surface area contributed by atoms with Gasteiger partial charge in [0.1, 0.15) is 5.69 Å². The lowest BCUT2D eigenvalue weighted by atomic mass is 9.97. The zero-order valence-electron chi connectivity index (χ0n) is 14.7. The number of benzene rings is 1. The topological polar surface area (TPSA) is 102 Å². The van der Waals surface area contributed by atoms with E-state index < -0.39 is 4.92 Å². The highest BCUT2D eigenvalue weighted by atomic mass is 16.6. The molecule has 1 aromatic carbocycles. The summed E-state index contributed by atoms with van der Waals surface area (Å²) in [6.07, 6.45) is 6.64. The van der Waals surface area contributed by atoms with Gasteiger partial charge >= 0.3 is 0 Å². The molecule has 0 amide bonds. The van der Waals surface area contributed by atoms with Crippen LogP contribution in [0.3, 0.4) is 0 Å². The van der Waals surface area contributed by atoms with Crippen molar-refractivity contribution in [3.05, 3.63) is 52.1 Å². The summed E-state index contributed by atoms with van der Waals surface area (Å²) in [6, 6.07) is 4.66. The second-order valence-electron chi connectivity index (χ2n) is 6.51. The van der Waals surface area contributed by atoms with E-state index >= 15 is 0 Å². The molecule has 1 fully saturated rings. The smallest absolute Gasteiger partial charge is 0.293 e. The lowest BCUT2D eigenvalue weighted by Gasteiger charge is -2.37. The summed E-state index contributed by atoms with van der Waals surface area (Å²) in [5, 5.41) is 21.0. The fraction of sp³-hybridized carbons (Fsp3) is 0.444. The van der Waals surface area contributed by atoms with Gasteiger partial charge in [-0.15, -0.1) is 0 Å². The predicted molar refractivity (Wildman–Crippen MR) is 96.4 cm³/mol. The monoisotopic (exact) mass is 358 g/mol. The van der Waals surface area contributed by atoms with Crippen molar-refractivity contribution >= 4 is 17.2 Å². The maximum atomic E-state index is 12.6. The van der Waals surface area contributed by atoms with Crippen molar-refractivity contribution < 1.29 is 14.8 Å². The van der Waals surface area contributed by atoms with E-state index in [2.05, 4.69) is 4.98 Å². The molecule has 0 spiro atoms. The number of aryl methyl sites for hydroxylation is 1. The molecule has 1 aromatic heterocycles. The van der Waals surface area contributed by atoms with E-state index in [-0.39, 0.29) is 35.5 Å². The van der Waals surface area contributed by atoms with Crippen molar-refractivity contribution in [2.75, 3.05) is 18.1 Å². The van der Waals surface area contributed by atoms with Crippen LogP contribution in [0.15, 0.2) is 30.6 Å². The van der Waals surface area contributed by atoms with Crippen molar-refractivity contribution in [1.29, 1.82) is 0 Å². The Kier molecular flexibility index (Phi) is 5.32. The van der Waals surface area contributed by atoms with Gasteiger partial charge in [-0.05, 0) is 37.8 Å². The Morgan fingerprint density at radius 1 is 1.42 bits per heavy atom. The number of nitro benzene ring substituents is 1. The average Bonchev–Trinajstić information content (AvgIpc) is 3.07. The molecule has 1 atom stereocenters. The third kappa shape index (κ3) is 3.45. The number of hydrogen-bond donors (Lipinski definition) is 1. The van der Waals surface area contributed by atoms with Gasteiger partial charge in [-0.2, -0.15) is 0 Å². The van der Waals surface area contributed by atoms with Crippen molar-refractivity contribution in [2.45, 2.75) is 31.7 Å². The quantitative estimate of drug-likeness (QED) is 0.483. The minimum absolute atomic E-state index is 0.0463. The number of carbonyl (C=O) groups is 1. The summed E-state index contributed by atoms with van der Waals surface area (Å²) in [6.45, 7) is 0.753. The molecule has 1 aliphatic rings. The Hall–Kier alpha value is -2.74. The van der Waals surface area contributed by atoms with E-state index in [1.807, 2.05) is 4.90 Å². The predicted octanol–water partition coefficient (Wildman–Crippen LogP) is 2.30. The third-order valence-electron chi connectivity index (χ3n) is 4.86. The zero-order chi connectivity index (χ0) is 18.7. The summed E-state index contributed by atoms with van der Waals surface area (Å²) < 4.78 is 1.59. The molecule has 8 heteroatoms. The Morgan fingerprint density at radius 2 is 2.23 bits per heavy atom. The summed E-state index contributed by atoms with van der Waals surface area (Å²) in [7, 11) is 1.70. The number of aromatic nitrogens is 2. The fourth-order valence-corrected chi connectivity index (χ4v) is 3.53. The summed E-state index contributed by atoms with van der Waals surface area (Å²) in [5.41, 5.74) is 0.657. The average molecular weight is 358 g/mol. The first-order valence-corrected chi connectivity index (χ1v) is 8.71. The van der Waals surface area contributed by atoms with Gasteiger partial charge in [0.05, 0.1) is 4.92 Å². The van der Waals surface area contributed by atoms with Crippen LogP contribution in [-0.4, -0.2) is 44.6 Å². The number of rotatable bonds is 6. The van der Waals surface area contributed by atoms with Crippen LogP contribution >= 0.6 is 0 Å². The number of nitro groups is 1. The molecular formula is C18H22N4O4. The highest BCUT2D eigenvalue weighted by Gasteiger charge is 2.29. The Labute approximate surface area is 151 Å². The second kappa shape index (κ2) is 7.65. The van der Waals surface area contributed by atoms with E-state index in [1.165, 1.54) is 12.3 Å². The van der Waals surface area contributed by atoms with Gasteiger partial charge in [-0.1, -0.05) is 0 Å². The Balaban J connectivity index is 1.98. The summed E-state index contributed by atoms with van der Waals surface area (Å²) in [4.78, 5) is 29.8. The maximum absolute atomic E-state index is 12.6. The fourth-order valence-electron chi connectivity index (χ4n) is 3.53. The molecule has 2 aromatic rings. The SMILES string of the molecule is Cn1ccnc1C(=O)c1ccc(N2CCCCC2CCO)c([N+](=O)[O-])c1. The minimum atomic E-state index is -0.449. The van der Waals surface area contributed by atoms with Gasteiger partial charge < -0.3 is 14.6 Å². The van der Waals surface area contributed by atoms with Crippen LogP contribution in [0, 0.1) is 10.1 Å². The van der Waals surface area contributed by atoms with Crippen LogP contribution in [0.2, 0.25) is 0 Å². The maximum Gasteiger partial charge on any atom is 0.293 e. The molecule has 1 N–H and O–H groups in total. The number of anilines is 1. The molecule has 2 heterocycles. The van der Waals surface area contributed by atoms with Crippen molar-refractivity contribution in [1.82, 2.24) is 9.55 Å². The van der Waals surface area contributed by atoms with Crippen LogP contribution < -0.4 is 4.90 Å². The minimum Gasteiger partial charge on any atom is -0.396 e. The van der Waals surface area contributed by atoms with E-state index in [0.29, 0.717) is 18.7 Å². The molecule has 138 valence electrons. The third-order valence-corrected chi connectivity index (χ3v) is 4.86. The molecule has 0 aliphatic carbocycles.